The van der Waals surface area contributed by atoms with Gasteiger partial charge < -0.3 is 20.9 Å². The zero-order valence-corrected chi connectivity index (χ0v) is 23.4. The lowest BCUT2D eigenvalue weighted by Gasteiger charge is -2.31. The van der Waals surface area contributed by atoms with E-state index < -0.39 is 23.1 Å². The summed E-state index contributed by atoms with van der Waals surface area (Å²) in [6.07, 6.45) is 10.4. The summed E-state index contributed by atoms with van der Waals surface area (Å²) in [6.45, 7) is 13.9. The summed E-state index contributed by atoms with van der Waals surface area (Å²) >= 11 is 0. The number of benzene rings is 1. The molecule has 0 atom stereocenters. The predicted octanol–water partition coefficient (Wildman–Crippen LogP) is 6.27. The molecule has 0 amide bonds. The Kier molecular flexibility index (Phi) is 15.4. The number of ether oxygens (including phenoxy) is 1. The Hall–Kier alpha value is -2.85. The molecule has 7 nitrogen and oxygen atoms in total. The molecule has 0 unspecified atom stereocenters. The van der Waals surface area contributed by atoms with Gasteiger partial charge in [0.05, 0.1) is 5.70 Å². The van der Waals surface area contributed by atoms with Crippen molar-refractivity contribution >= 4 is 17.5 Å². The topological polar surface area (TPSA) is 95.5 Å². The second kappa shape index (κ2) is 17.6. The van der Waals surface area contributed by atoms with Crippen LogP contribution in [0.5, 0.6) is 0 Å². The van der Waals surface area contributed by atoms with Crippen LogP contribution in [0.3, 0.4) is 0 Å². The van der Waals surface area contributed by atoms with Gasteiger partial charge >= 0.3 is 0 Å². The quantitative estimate of drug-likeness (QED) is 0.421. The van der Waals surface area contributed by atoms with E-state index in [1.807, 2.05) is 13.8 Å². The largest absolute Gasteiger partial charge is 0.394 e. The summed E-state index contributed by atoms with van der Waals surface area (Å²) in [5.41, 5.74) is 5.65. The third-order valence-corrected chi connectivity index (χ3v) is 5.49. The second-order valence-electron chi connectivity index (χ2n) is 8.98. The molecule has 3 fully saturated rings. The molecule has 1 saturated carbocycles. The predicted molar refractivity (Wildman–Crippen MR) is 149 cm³/mol. The van der Waals surface area contributed by atoms with Crippen molar-refractivity contribution in [1.29, 1.82) is 0 Å². The highest BCUT2D eigenvalue weighted by Crippen LogP contribution is 2.28. The minimum Gasteiger partial charge on any atom is -0.394 e. The van der Waals surface area contributed by atoms with Crippen LogP contribution in [0, 0.1) is 17.5 Å². The zero-order chi connectivity index (χ0) is 28.7. The number of nitrogens with one attached hydrogen (secondary N) is 1. The monoisotopic (exact) mass is 539 g/mol. The highest BCUT2D eigenvalue weighted by Gasteiger charge is 2.36. The molecule has 0 bridgehead atoms. The summed E-state index contributed by atoms with van der Waals surface area (Å²) in [7, 11) is 0. The van der Waals surface area contributed by atoms with Crippen LogP contribution in [0.15, 0.2) is 46.3 Å². The number of hydrogen-bond donors (Lipinski definition) is 3. The molecular formula is C28H44F3N5O2. The molecule has 0 radical (unpaired) electrons. The number of hydrogen-bond acceptors (Lipinski definition) is 5. The number of nitrogens with zero attached hydrogens (tertiary/aromatic N) is 3. The van der Waals surface area contributed by atoms with E-state index in [-0.39, 0.29) is 23.9 Å². The first-order chi connectivity index (χ1) is 18.1. The Bertz CT molecular complexity index is 936. The van der Waals surface area contributed by atoms with Crippen LogP contribution >= 0.6 is 0 Å². The van der Waals surface area contributed by atoms with E-state index in [2.05, 4.69) is 21.9 Å². The molecule has 2 aliphatic heterocycles. The van der Waals surface area contributed by atoms with E-state index in [1.54, 1.807) is 31.7 Å². The van der Waals surface area contributed by atoms with Gasteiger partial charge in [0, 0.05) is 37.5 Å². The number of halogens is 3. The average molecular weight is 540 g/mol. The number of aliphatic imine (C=N–C) groups is 2. The van der Waals surface area contributed by atoms with Crippen LogP contribution in [-0.2, 0) is 4.74 Å². The number of aliphatic hydroxyl groups is 1. The van der Waals surface area contributed by atoms with E-state index in [4.69, 9.17) is 15.6 Å². The SMILES string of the molecule is C1CCCC1.C=C(N)/N=C1\C(=C/C)NC(=Nc2c(F)cc(F)cc2F)N1C1CCOCC1.CC.CC(C)O. The third kappa shape index (κ3) is 10.9. The van der Waals surface area contributed by atoms with Crippen LogP contribution in [-0.4, -0.2) is 47.2 Å². The molecule has 2 heterocycles. The average Bonchev–Trinajstić information content (AvgIpc) is 3.55. The molecular weight excluding hydrogens is 495 g/mol. The van der Waals surface area contributed by atoms with Crippen LogP contribution < -0.4 is 11.1 Å². The maximum Gasteiger partial charge on any atom is 0.210 e. The normalized spacial score (nSPS) is 20.4. The van der Waals surface area contributed by atoms with E-state index in [9.17, 15) is 13.2 Å². The highest BCUT2D eigenvalue weighted by atomic mass is 19.1. The maximum absolute atomic E-state index is 14.1. The second-order valence-corrected chi connectivity index (χ2v) is 8.98. The zero-order valence-electron chi connectivity index (χ0n) is 23.4. The summed E-state index contributed by atoms with van der Waals surface area (Å²) in [5, 5.41) is 11.1. The highest BCUT2D eigenvalue weighted by molar-refractivity contribution is 6.17. The first-order valence-corrected chi connectivity index (χ1v) is 13.4. The molecule has 0 spiro atoms. The van der Waals surface area contributed by atoms with Crippen molar-refractivity contribution in [2.75, 3.05) is 13.2 Å². The molecule has 0 aromatic heterocycles. The Labute approximate surface area is 225 Å². The Morgan fingerprint density at radius 3 is 2.00 bits per heavy atom. The molecule has 4 rings (SSSR count). The summed E-state index contributed by atoms with van der Waals surface area (Å²) in [6, 6.07) is 1.11. The molecule has 214 valence electrons. The molecule has 3 aliphatic rings. The Balaban J connectivity index is 0.000000552. The lowest BCUT2D eigenvalue weighted by atomic mass is 10.1. The van der Waals surface area contributed by atoms with Gasteiger partial charge in [-0.2, -0.15) is 0 Å². The van der Waals surface area contributed by atoms with Gasteiger partial charge in [-0.3, -0.25) is 4.90 Å². The van der Waals surface area contributed by atoms with Crippen LogP contribution in [0.2, 0.25) is 0 Å². The number of aliphatic hydroxyl groups excluding tert-OH is 1. The number of rotatable bonds is 3. The number of allylic oxidation sites excluding steroid dienone is 1. The molecule has 1 aromatic carbocycles. The van der Waals surface area contributed by atoms with Crippen molar-refractivity contribution in [2.45, 2.75) is 91.7 Å². The molecule has 38 heavy (non-hydrogen) atoms. The molecule has 2 saturated heterocycles. The molecule has 10 heteroatoms. The lowest BCUT2D eigenvalue weighted by Crippen LogP contribution is -2.44. The van der Waals surface area contributed by atoms with E-state index in [1.165, 1.54) is 32.1 Å². The minimum absolute atomic E-state index is 0.0629. The van der Waals surface area contributed by atoms with E-state index in [0.717, 1.165) is 0 Å². The van der Waals surface area contributed by atoms with Gasteiger partial charge in [-0.15, -0.1) is 0 Å². The van der Waals surface area contributed by atoms with Gasteiger partial charge in [-0.05, 0) is 33.6 Å². The van der Waals surface area contributed by atoms with Crippen LogP contribution in [0.25, 0.3) is 0 Å². The van der Waals surface area contributed by atoms with Crippen molar-refractivity contribution in [2.24, 2.45) is 15.7 Å². The molecule has 1 aromatic rings. The van der Waals surface area contributed by atoms with Crippen LogP contribution in [0.1, 0.15) is 79.6 Å². The van der Waals surface area contributed by atoms with E-state index >= 15 is 0 Å². The summed E-state index contributed by atoms with van der Waals surface area (Å²) in [4.78, 5) is 10.1. The van der Waals surface area contributed by atoms with Crippen molar-refractivity contribution in [3.8, 4) is 0 Å². The number of guanidine groups is 1. The fourth-order valence-electron chi connectivity index (χ4n) is 3.92. The van der Waals surface area contributed by atoms with Gasteiger partial charge in [0.15, 0.2) is 17.5 Å². The fourth-order valence-corrected chi connectivity index (χ4v) is 3.92. The number of nitrogens with two attached hydrogens (primary N) is 1. The Morgan fingerprint density at radius 2 is 1.58 bits per heavy atom. The standard InChI is InChI=1S/C18H20F3N5O.C5H10.C3H8O.C2H6/c1-3-15-17(23-10(2)22)26(12-4-6-27-7-5-12)18(24-15)25-16-13(20)8-11(19)9-14(16)21;1-2-4-5-3-1;1-3(2)4;1-2/h3,8-9,12H,2,4-7,22H2,1H3,(H,24,25);1-5H2;3-4H,1-2H3;1-2H3/b15-3+,23-17+;;;. The molecule has 1 aliphatic carbocycles. The van der Waals surface area contributed by atoms with Gasteiger partial charge in [-0.25, -0.2) is 23.2 Å². The fraction of sp³-hybridized carbons (Fsp3) is 0.571. The van der Waals surface area contributed by atoms with Gasteiger partial charge in [0.2, 0.25) is 5.96 Å². The number of amidine groups is 1. The van der Waals surface area contributed by atoms with Gasteiger partial charge in [0.1, 0.15) is 17.3 Å². The minimum atomic E-state index is -1.09. The smallest absolute Gasteiger partial charge is 0.210 e. The first kappa shape index (κ1) is 33.2. The van der Waals surface area contributed by atoms with Crippen molar-refractivity contribution < 1.29 is 23.0 Å². The third-order valence-electron chi connectivity index (χ3n) is 5.49. The van der Waals surface area contributed by atoms with Gasteiger partial charge in [0.25, 0.3) is 0 Å². The van der Waals surface area contributed by atoms with Crippen LogP contribution in [0.4, 0.5) is 18.9 Å². The summed E-state index contributed by atoms with van der Waals surface area (Å²) < 4.78 is 46.8. The maximum atomic E-state index is 14.1. The Morgan fingerprint density at radius 1 is 1.11 bits per heavy atom. The molecule has 4 N–H and O–H groups in total. The van der Waals surface area contributed by atoms with Gasteiger partial charge in [-0.1, -0.05) is 58.6 Å². The summed E-state index contributed by atoms with van der Waals surface area (Å²) in [5.74, 6) is -2.47. The van der Waals surface area contributed by atoms with E-state index in [0.29, 0.717) is 49.7 Å². The van der Waals surface area contributed by atoms with Crippen molar-refractivity contribution in [3.05, 3.63) is 53.8 Å². The van der Waals surface area contributed by atoms with Crippen molar-refractivity contribution in [3.63, 3.8) is 0 Å². The first-order valence-electron chi connectivity index (χ1n) is 13.4. The van der Waals surface area contributed by atoms with Crippen molar-refractivity contribution in [1.82, 2.24) is 10.2 Å². The lowest BCUT2D eigenvalue weighted by molar-refractivity contribution is 0.0680.